The van der Waals surface area contributed by atoms with Gasteiger partial charge in [0.05, 0.1) is 0 Å². The Kier molecular flexibility index (Phi) is 4.85. The smallest absolute Gasteiger partial charge is 0.228 e. The van der Waals surface area contributed by atoms with Gasteiger partial charge in [0.1, 0.15) is 0 Å². The van der Waals surface area contributed by atoms with E-state index in [2.05, 4.69) is 18.7 Å². The third-order valence-corrected chi connectivity index (χ3v) is 4.29. The Hall–Kier alpha value is -0.280. The van der Waals surface area contributed by atoms with Crippen LogP contribution in [0.1, 0.15) is 46.0 Å². The Morgan fingerprint density at radius 3 is 2.59 bits per heavy atom. The number of carbonyl (C=O) groups is 1. The van der Waals surface area contributed by atoms with Gasteiger partial charge in [0, 0.05) is 24.5 Å². The molecule has 17 heavy (non-hydrogen) atoms. The second-order valence-corrected chi connectivity index (χ2v) is 5.71. The largest absolute Gasteiger partial charge is 0.342 e. The van der Waals surface area contributed by atoms with Crippen molar-refractivity contribution in [2.45, 2.75) is 52.0 Å². The van der Waals surface area contributed by atoms with E-state index in [0.717, 1.165) is 45.2 Å². The standard InChI is InChI=1S/C13H24N2O.ClH/c1-3-5-13(6-7-13)12(16)15-8-4-11(14)10(2)9-15;/h10-11H,3-9,14H2,1-2H3;1H. The molecule has 1 aliphatic heterocycles. The fourth-order valence-corrected chi connectivity index (χ4v) is 2.88. The normalized spacial score (nSPS) is 30.6. The summed E-state index contributed by atoms with van der Waals surface area (Å²) in [5.74, 6) is 0.864. The van der Waals surface area contributed by atoms with Crippen molar-refractivity contribution in [2.24, 2.45) is 17.1 Å². The van der Waals surface area contributed by atoms with Crippen molar-refractivity contribution in [1.82, 2.24) is 4.90 Å². The van der Waals surface area contributed by atoms with Crippen LogP contribution in [0.5, 0.6) is 0 Å². The van der Waals surface area contributed by atoms with Crippen LogP contribution in [0.15, 0.2) is 0 Å². The molecule has 1 heterocycles. The fourth-order valence-electron chi connectivity index (χ4n) is 2.88. The zero-order valence-corrected chi connectivity index (χ0v) is 11.8. The molecule has 100 valence electrons. The monoisotopic (exact) mass is 260 g/mol. The number of likely N-dealkylation sites (tertiary alicyclic amines) is 1. The number of piperidine rings is 1. The summed E-state index contributed by atoms with van der Waals surface area (Å²) in [7, 11) is 0. The summed E-state index contributed by atoms with van der Waals surface area (Å²) in [6, 6.07) is 0.283. The zero-order chi connectivity index (χ0) is 11.8. The molecule has 0 aromatic carbocycles. The Morgan fingerprint density at radius 2 is 2.12 bits per heavy atom. The molecule has 1 saturated carbocycles. The number of amides is 1. The molecular formula is C13H25ClN2O. The number of hydrogen-bond donors (Lipinski definition) is 1. The molecule has 2 rings (SSSR count). The van der Waals surface area contributed by atoms with Crippen LogP contribution < -0.4 is 5.73 Å². The first-order valence-electron chi connectivity index (χ1n) is 6.64. The van der Waals surface area contributed by atoms with E-state index in [1.807, 2.05) is 0 Å². The minimum absolute atomic E-state index is 0. The van der Waals surface area contributed by atoms with Gasteiger partial charge in [-0.15, -0.1) is 12.4 Å². The van der Waals surface area contributed by atoms with Gasteiger partial charge in [-0.3, -0.25) is 4.79 Å². The van der Waals surface area contributed by atoms with Crippen LogP contribution in [-0.4, -0.2) is 29.9 Å². The van der Waals surface area contributed by atoms with Crippen LogP contribution in [0.3, 0.4) is 0 Å². The summed E-state index contributed by atoms with van der Waals surface area (Å²) in [4.78, 5) is 14.5. The molecule has 0 spiro atoms. The molecule has 1 amide bonds. The summed E-state index contributed by atoms with van der Waals surface area (Å²) in [5, 5.41) is 0. The lowest BCUT2D eigenvalue weighted by Gasteiger charge is -2.37. The van der Waals surface area contributed by atoms with E-state index in [1.54, 1.807) is 0 Å². The van der Waals surface area contributed by atoms with Crippen LogP contribution in [0, 0.1) is 11.3 Å². The highest BCUT2D eigenvalue weighted by atomic mass is 35.5. The highest BCUT2D eigenvalue weighted by molar-refractivity contribution is 5.85. The van der Waals surface area contributed by atoms with E-state index in [4.69, 9.17) is 5.73 Å². The van der Waals surface area contributed by atoms with Crippen LogP contribution in [0.2, 0.25) is 0 Å². The quantitative estimate of drug-likeness (QED) is 0.846. The topological polar surface area (TPSA) is 46.3 Å². The Bertz CT molecular complexity index is 279. The summed E-state index contributed by atoms with van der Waals surface area (Å²) in [5.41, 5.74) is 6.02. The number of nitrogens with two attached hydrogens (primary N) is 1. The SMILES string of the molecule is CCCC1(C(=O)N2CCC(N)C(C)C2)CC1.Cl. The predicted octanol–water partition coefficient (Wildman–Crippen LogP) is 2.18. The summed E-state index contributed by atoms with van der Waals surface area (Å²) in [6.07, 6.45) is 5.37. The van der Waals surface area contributed by atoms with Crippen molar-refractivity contribution >= 4 is 18.3 Å². The molecule has 2 atom stereocenters. The van der Waals surface area contributed by atoms with Crippen molar-refractivity contribution in [3.63, 3.8) is 0 Å². The predicted molar refractivity (Wildman–Crippen MR) is 72.2 cm³/mol. The van der Waals surface area contributed by atoms with Gasteiger partial charge in [-0.05, 0) is 31.6 Å². The fraction of sp³-hybridized carbons (Fsp3) is 0.923. The average molecular weight is 261 g/mol. The third kappa shape index (κ3) is 2.94. The molecule has 4 heteroatoms. The Balaban J connectivity index is 0.00000144. The summed E-state index contributed by atoms with van der Waals surface area (Å²) in [6.45, 7) is 6.06. The zero-order valence-electron chi connectivity index (χ0n) is 10.9. The molecule has 0 bridgehead atoms. The van der Waals surface area contributed by atoms with E-state index < -0.39 is 0 Å². The van der Waals surface area contributed by atoms with Crippen molar-refractivity contribution in [2.75, 3.05) is 13.1 Å². The first kappa shape index (κ1) is 14.8. The van der Waals surface area contributed by atoms with Gasteiger partial charge < -0.3 is 10.6 Å². The first-order valence-corrected chi connectivity index (χ1v) is 6.64. The highest BCUT2D eigenvalue weighted by Gasteiger charge is 2.51. The van der Waals surface area contributed by atoms with Crippen molar-refractivity contribution in [1.29, 1.82) is 0 Å². The van der Waals surface area contributed by atoms with Gasteiger partial charge >= 0.3 is 0 Å². The molecule has 2 unspecified atom stereocenters. The van der Waals surface area contributed by atoms with Gasteiger partial charge in [-0.1, -0.05) is 20.3 Å². The van der Waals surface area contributed by atoms with E-state index in [9.17, 15) is 4.79 Å². The third-order valence-electron chi connectivity index (χ3n) is 4.29. The molecular weight excluding hydrogens is 236 g/mol. The maximum Gasteiger partial charge on any atom is 0.228 e. The Labute approximate surface area is 111 Å². The van der Waals surface area contributed by atoms with Gasteiger partial charge in [0.25, 0.3) is 0 Å². The molecule has 0 radical (unpaired) electrons. The second-order valence-electron chi connectivity index (χ2n) is 5.71. The van der Waals surface area contributed by atoms with Gasteiger partial charge in [-0.25, -0.2) is 0 Å². The molecule has 1 aliphatic carbocycles. The second kappa shape index (κ2) is 5.57. The molecule has 3 nitrogen and oxygen atoms in total. The minimum atomic E-state index is 0. The van der Waals surface area contributed by atoms with E-state index in [0.29, 0.717) is 11.8 Å². The number of rotatable bonds is 3. The summed E-state index contributed by atoms with van der Waals surface area (Å²) >= 11 is 0. The van der Waals surface area contributed by atoms with Crippen LogP contribution in [0.4, 0.5) is 0 Å². The van der Waals surface area contributed by atoms with Gasteiger partial charge in [0.15, 0.2) is 0 Å². The highest BCUT2D eigenvalue weighted by Crippen LogP contribution is 2.51. The van der Waals surface area contributed by atoms with Crippen LogP contribution in [0.25, 0.3) is 0 Å². The number of hydrogen-bond acceptors (Lipinski definition) is 2. The van der Waals surface area contributed by atoms with Crippen LogP contribution >= 0.6 is 12.4 Å². The minimum Gasteiger partial charge on any atom is -0.342 e. The van der Waals surface area contributed by atoms with E-state index in [1.165, 1.54) is 0 Å². The molecule has 2 aliphatic rings. The summed E-state index contributed by atoms with van der Waals surface area (Å²) < 4.78 is 0. The van der Waals surface area contributed by atoms with E-state index in [-0.39, 0.29) is 23.9 Å². The van der Waals surface area contributed by atoms with Gasteiger partial charge in [0.2, 0.25) is 5.91 Å². The molecule has 2 N–H and O–H groups in total. The van der Waals surface area contributed by atoms with Gasteiger partial charge in [-0.2, -0.15) is 0 Å². The number of carbonyl (C=O) groups excluding carboxylic acids is 1. The van der Waals surface area contributed by atoms with Crippen LogP contribution in [-0.2, 0) is 4.79 Å². The van der Waals surface area contributed by atoms with Crippen molar-refractivity contribution < 1.29 is 4.79 Å². The van der Waals surface area contributed by atoms with Crippen molar-refractivity contribution in [3.05, 3.63) is 0 Å². The molecule has 0 aromatic heterocycles. The Morgan fingerprint density at radius 1 is 1.47 bits per heavy atom. The maximum atomic E-state index is 12.4. The maximum absolute atomic E-state index is 12.4. The number of halogens is 1. The first-order chi connectivity index (χ1) is 7.59. The lowest BCUT2D eigenvalue weighted by Crippen LogP contribution is -2.50. The number of nitrogens with zero attached hydrogens (tertiary/aromatic N) is 1. The van der Waals surface area contributed by atoms with E-state index >= 15 is 0 Å². The molecule has 0 aromatic rings. The molecule has 2 fully saturated rings. The lowest BCUT2D eigenvalue weighted by molar-refractivity contribution is -0.139. The average Bonchev–Trinajstić information content (AvgIpc) is 3.03. The molecule has 1 saturated heterocycles. The van der Waals surface area contributed by atoms with Crippen molar-refractivity contribution in [3.8, 4) is 0 Å². The lowest BCUT2D eigenvalue weighted by atomic mass is 9.92.